The quantitative estimate of drug-likeness (QED) is 0.870. The summed E-state index contributed by atoms with van der Waals surface area (Å²) < 4.78 is 20.1. The Morgan fingerprint density at radius 2 is 1.95 bits per heavy atom. The number of hydrogen-bond acceptors (Lipinski definition) is 2. The van der Waals surface area contributed by atoms with Crippen LogP contribution in [0.3, 0.4) is 0 Å². The smallest absolute Gasteiger partial charge is 0.169 e. The zero-order chi connectivity index (χ0) is 14.5. The Labute approximate surface area is 127 Å². The maximum atomic E-state index is 14.0. The lowest BCUT2D eigenvalue weighted by molar-refractivity contribution is 0.382. The molecule has 0 aliphatic rings. The summed E-state index contributed by atoms with van der Waals surface area (Å²) in [5.41, 5.74) is 1.75. The van der Waals surface area contributed by atoms with Crippen molar-refractivity contribution in [1.82, 2.24) is 5.32 Å². The maximum Gasteiger partial charge on any atom is 0.169 e. The van der Waals surface area contributed by atoms with Gasteiger partial charge in [-0.05, 0) is 24.6 Å². The Morgan fingerprint density at radius 1 is 1.20 bits per heavy atom. The summed E-state index contributed by atoms with van der Waals surface area (Å²) >= 11 is 3.53. The molecule has 0 aliphatic carbocycles. The van der Waals surface area contributed by atoms with Crippen molar-refractivity contribution in [3.63, 3.8) is 0 Å². The van der Waals surface area contributed by atoms with Crippen molar-refractivity contribution in [2.24, 2.45) is 0 Å². The minimum atomic E-state index is -0.304. The molecule has 0 fully saturated rings. The molecule has 0 amide bonds. The Kier molecular flexibility index (Phi) is 5.15. The second-order valence-electron chi connectivity index (χ2n) is 4.56. The van der Waals surface area contributed by atoms with Gasteiger partial charge in [-0.2, -0.15) is 0 Å². The van der Waals surface area contributed by atoms with Crippen molar-refractivity contribution in [2.45, 2.75) is 19.5 Å². The summed E-state index contributed by atoms with van der Waals surface area (Å²) in [6, 6.07) is 13.3. The van der Waals surface area contributed by atoms with Crippen LogP contribution in [0.1, 0.15) is 24.1 Å². The van der Waals surface area contributed by atoms with Gasteiger partial charge in [0, 0.05) is 22.6 Å². The molecule has 1 N–H and O–H groups in total. The number of methoxy groups -OCH3 is 1. The van der Waals surface area contributed by atoms with E-state index in [-0.39, 0.29) is 17.6 Å². The average Bonchev–Trinajstić information content (AvgIpc) is 2.46. The normalized spacial score (nSPS) is 12.2. The first kappa shape index (κ1) is 15.0. The minimum Gasteiger partial charge on any atom is -0.494 e. The molecule has 2 nitrogen and oxygen atoms in total. The van der Waals surface area contributed by atoms with Gasteiger partial charge in [-0.25, -0.2) is 4.39 Å². The van der Waals surface area contributed by atoms with E-state index in [9.17, 15) is 4.39 Å². The number of hydrogen-bond donors (Lipinski definition) is 1. The van der Waals surface area contributed by atoms with Crippen molar-refractivity contribution in [2.75, 3.05) is 7.11 Å². The van der Waals surface area contributed by atoms with Gasteiger partial charge in [0.25, 0.3) is 0 Å². The van der Waals surface area contributed by atoms with Crippen LogP contribution in [-0.4, -0.2) is 7.11 Å². The van der Waals surface area contributed by atoms with E-state index in [1.54, 1.807) is 18.2 Å². The average molecular weight is 338 g/mol. The van der Waals surface area contributed by atoms with Crippen LogP contribution in [0, 0.1) is 5.82 Å². The van der Waals surface area contributed by atoms with E-state index in [4.69, 9.17) is 4.74 Å². The lowest BCUT2D eigenvalue weighted by Gasteiger charge is -2.16. The van der Waals surface area contributed by atoms with Crippen LogP contribution in [0.5, 0.6) is 5.75 Å². The molecule has 2 rings (SSSR count). The number of ether oxygens (including phenoxy) is 1. The van der Waals surface area contributed by atoms with Gasteiger partial charge in [0.1, 0.15) is 0 Å². The Bertz CT molecular complexity index is 588. The Morgan fingerprint density at radius 3 is 2.65 bits per heavy atom. The van der Waals surface area contributed by atoms with Crippen LogP contribution in [0.4, 0.5) is 4.39 Å². The van der Waals surface area contributed by atoms with Crippen molar-refractivity contribution < 1.29 is 9.13 Å². The summed E-state index contributed by atoms with van der Waals surface area (Å²) in [6.45, 7) is 2.50. The zero-order valence-electron chi connectivity index (χ0n) is 11.5. The molecular weight excluding hydrogens is 321 g/mol. The summed E-state index contributed by atoms with van der Waals surface area (Å²) in [4.78, 5) is 0. The van der Waals surface area contributed by atoms with E-state index in [1.807, 2.05) is 24.3 Å². The molecule has 0 unspecified atom stereocenters. The molecule has 0 bridgehead atoms. The highest BCUT2D eigenvalue weighted by atomic mass is 79.9. The molecule has 0 saturated carbocycles. The van der Waals surface area contributed by atoms with E-state index in [2.05, 4.69) is 28.2 Å². The van der Waals surface area contributed by atoms with Gasteiger partial charge in [-0.15, -0.1) is 0 Å². The molecule has 0 saturated heterocycles. The van der Waals surface area contributed by atoms with E-state index in [0.717, 1.165) is 10.0 Å². The van der Waals surface area contributed by atoms with E-state index >= 15 is 0 Å². The number of nitrogens with one attached hydrogen (secondary N) is 1. The molecule has 0 heterocycles. The number of rotatable bonds is 5. The lowest BCUT2D eigenvalue weighted by Crippen LogP contribution is -2.19. The fourth-order valence-electron chi connectivity index (χ4n) is 2.05. The molecule has 2 aromatic carbocycles. The third-order valence-electron chi connectivity index (χ3n) is 3.23. The standard InChI is InChI=1S/C16H17BrFNO/c1-11(13-7-3-4-8-14(13)17)19-10-12-6-5-9-15(20-2)16(12)18/h3-9,11,19H,10H2,1-2H3/t11-/m1/s1. The molecule has 0 aliphatic heterocycles. The fraction of sp³-hybridized carbons (Fsp3) is 0.250. The third kappa shape index (κ3) is 3.38. The number of halogens is 2. The van der Waals surface area contributed by atoms with Crippen molar-refractivity contribution in [1.29, 1.82) is 0 Å². The second-order valence-corrected chi connectivity index (χ2v) is 5.41. The van der Waals surface area contributed by atoms with Crippen molar-refractivity contribution in [3.05, 3.63) is 63.9 Å². The monoisotopic (exact) mass is 337 g/mol. The largest absolute Gasteiger partial charge is 0.494 e. The highest BCUT2D eigenvalue weighted by molar-refractivity contribution is 9.10. The fourth-order valence-corrected chi connectivity index (χ4v) is 2.68. The summed E-state index contributed by atoms with van der Waals surface area (Å²) in [5.74, 6) is -0.0281. The maximum absolute atomic E-state index is 14.0. The first-order valence-electron chi connectivity index (χ1n) is 6.42. The van der Waals surface area contributed by atoms with Gasteiger partial charge < -0.3 is 10.1 Å². The van der Waals surface area contributed by atoms with Crippen LogP contribution >= 0.6 is 15.9 Å². The molecule has 4 heteroatoms. The predicted octanol–water partition coefficient (Wildman–Crippen LogP) is 4.45. The first-order chi connectivity index (χ1) is 9.63. The summed E-state index contributed by atoms with van der Waals surface area (Å²) in [5, 5.41) is 3.32. The second kappa shape index (κ2) is 6.86. The van der Waals surface area contributed by atoms with Crippen LogP contribution in [-0.2, 0) is 6.54 Å². The van der Waals surface area contributed by atoms with E-state index < -0.39 is 0 Å². The van der Waals surface area contributed by atoms with Gasteiger partial charge in [-0.3, -0.25) is 0 Å². The summed E-state index contributed by atoms with van der Waals surface area (Å²) in [6.07, 6.45) is 0. The van der Waals surface area contributed by atoms with Gasteiger partial charge in [-0.1, -0.05) is 46.3 Å². The van der Waals surface area contributed by atoms with Crippen molar-refractivity contribution >= 4 is 15.9 Å². The van der Waals surface area contributed by atoms with Crippen LogP contribution < -0.4 is 10.1 Å². The Balaban J connectivity index is 2.08. The van der Waals surface area contributed by atoms with E-state index in [0.29, 0.717) is 12.1 Å². The Hall–Kier alpha value is -1.39. The molecule has 0 aromatic heterocycles. The SMILES string of the molecule is COc1cccc(CN[C@H](C)c2ccccc2Br)c1F. The predicted molar refractivity (Wildman–Crippen MR) is 82.3 cm³/mol. The number of benzene rings is 2. The third-order valence-corrected chi connectivity index (χ3v) is 3.96. The van der Waals surface area contributed by atoms with Gasteiger partial charge in [0.15, 0.2) is 11.6 Å². The van der Waals surface area contributed by atoms with Gasteiger partial charge >= 0.3 is 0 Å². The lowest BCUT2D eigenvalue weighted by atomic mass is 10.1. The van der Waals surface area contributed by atoms with Gasteiger partial charge in [0.05, 0.1) is 7.11 Å². The topological polar surface area (TPSA) is 21.3 Å². The van der Waals surface area contributed by atoms with Crippen LogP contribution in [0.25, 0.3) is 0 Å². The molecular formula is C16H17BrFNO. The molecule has 0 spiro atoms. The van der Waals surface area contributed by atoms with Gasteiger partial charge in [0.2, 0.25) is 0 Å². The highest BCUT2D eigenvalue weighted by Gasteiger charge is 2.11. The highest BCUT2D eigenvalue weighted by Crippen LogP contribution is 2.24. The molecule has 0 radical (unpaired) electrons. The zero-order valence-corrected chi connectivity index (χ0v) is 13.1. The molecule has 2 aromatic rings. The van der Waals surface area contributed by atoms with Crippen LogP contribution in [0.15, 0.2) is 46.9 Å². The molecule has 20 heavy (non-hydrogen) atoms. The first-order valence-corrected chi connectivity index (χ1v) is 7.22. The van der Waals surface area contributed by atoms with Crippen LogP contribution in [0.2, 0.25) is 0 Å². The molecule has 106 valence electrons. The van der Waals surface area contributed by atoms with Crippen molar-refractivity contribution in [3.8, 4) is 5.75 Å². The minimum absolute atomic E-state index is 0.121. The molecule has 1 atom stereocenters. The van der Waals surface area contributed by atoms with E-state index in [1.165, 1.54) is 7.11 Å². The summed E-state index contributed by atoms with van der Waals surface area (Å²) in [7, 11) is 1.47.